The van der Waals surface area contributed by atoms with E-state index in [0.29, 0.717) is 17.2 Å². The Morgan fingerprint density at radius 1 is 1.24 bits per heavy atom. The van der Waals surface area contributed by atoms with Crippen molar-refractivity contribution in [3.63, 3.8) is 0 Å². The van der Waals surface area contributed by atoms with Gasteiger partial charge in [0.05, 0.1) is 17.7 Å². The fourth-order valence-corrected chi connectivity index (χ4v) is 2.80. The van der Waals surface area contributed by atoms with Gasteiger partial charge in [-0.25, -0.2) is 4.39 Å². The second kappa shape index (κ2) is 7.01. The molecule has 0 saturated carbocycles. The van der Waals surface area contributed by atoms with Crippen LogP contribution in [0.25, 0.3) is 0 Å². The second-order valence-corrected chi connectivity index (χ2v) is 5.37. The van der Waals surface area contributed by atoms with Gasteiger partial charge in [-0.1, -0.05) is 29.3 Å². The third-order valence-corrected chi connectivity index (χ3v) is 3.75. The second-order valence-electron chi connectivity index (χ2n) is 4.58. The highest BCUT2D eigenvalue weighted by molar-refractivity contribution is 6.36. The van der Waals surface area contributed by atoms with Gasteiger partial charge in [-0.3, -0.25) is 0 Å². The summed E-state index contributed by atoms with van der Waals surface area (Å²) < 4.78 is 19.0. The van der Waals surface area contributed by atoms with Gasteiger partial charge < -0.3 is 10.1 Å². The van der Waals surface area contributed by atoms with Crippen LogP contribution in [-0.2, 0) is 0 Å². The van der Waals surface area contributed by atoms with E-state index in [2.05, 4.69) is 5.32 Å². The summed E-state index contributed by atoms with van der Waals surface area (Å²) >= 11 is 12.1. The lowest BCUT2D eigenvalue weighted by Gasteiger charge is -2.19. The van der Waals surface area contributed by atoms with Crippen molar-refractivity contribution in [3.8, 4) is 5.75 Å². The van der Waals surface area contributed by atoms with E-state index < -0.39 is 5.82 Å². The van der Waals surface area contributed by atoms with Gasteiger partial charge in [0.2, 0.25) is 0 Å². The molecule has 1 unspecified atom stereocenters. The van der Waals surface area contributed by atoms with Gasteiger partial charge in [0.15, 0.2) is 0 Å². The van der Waals surface area contributed by atoms with Crippen LogP contribution in [0.4, 0.5) is 10.1 Å². The van der Waals surface area contributed by atoms with Gasteiger partial charge in [0.25, 0.3) is 0 Å². The molecule has 5 heteroatoms. The monoisotopic (exact) mass is 327 g/mol. The maximum atomic E-state index is 13.6. The molecule has 2 nitrogen and oxygen atoms in total. The fourth-order valence-electron chi connectivity index (χ4n) is 2.10. The van der Waals surface area contributed by atoms with Crippen LogP contribution in [0, 0.1) is 5.82 Å². The van der Waals surface area contributed by atoms with E-state index in [1.807, 2.05) is 38.1 Å². The number of rotatable bonds is 5. The quantitative estimate of drug-likeness (QED) is 0.710. The van der Waals surface area contributed by atoms with Crippen LogP contribution in [0.3, 0.4) is 0 Å². The van der Waals surface area contributed by atoms with Gasteiger partial charge in [0, 0.05) is 22.3 Å². The highest BCUT2D eigenvalue weighted by Crippen LogP contribution is 2.34. The normalized spacial score (nSPS) is 12.0. The topological polar surface area (TPSA) is 21.3 Å². The molecular formula is C16H16Cl2FNO. The van der Waals surface area contributed by atoms with E-state index in [-0.39, 0.29) is 11.1 Å². The molecule has 0 spiro atoms. The standard InChI is InChI=1S/C16H16Cl2FNO/c1-3-21-12-6-4-5-11(9-12)20-10(2)15-13(17)7-8-14(19)16(15)18/h4-10,20H,3H2,1-2H3. The summed E-state index contributed by atoms with van der Waals surface area (Å²) in [4.78, 5) is 0. The summed E-state index contributed by atoms with van der Waals surface area (Å²) in [7, 11) is 0. The predicted molar refractivity (Wildman–Crippen MR) is 86.1 cm³/mol. The zero-order chi connectivity index (χ0) is 15.4. The molecule has 0 heterocycles. The van der Waals surface area contributed by atoms with Gasteiger partial charge in [-0.15, -0.1) is 0 Å². The van der Waals surface area contributed by atoms with Crippen LogP contribution in [0.2, 0.25) is 10.0 Å². The average molecular weight is 328 g/mol. The molecule has 0 amide bonds. The molecule has 2 rings (SSSR count). The highest BCUT2D eigenvalue weighted by Gasteiger charge is 2.17. The van der Waals surface area contributed by atoms with Crippen molar-refractivity contribution in [1.29, 1.82) is 0 Å². The first-order valence-corrected chi connectivity index (χ1v) is 7.41. The summed E-state index contributed by atoms with van der Waals surface area (Å²) in [5, 5.41) is 3.73. The Morgan fingerprint density at radius 3 is 2.71 bits per heavy atom. The summed E-state index contributed by atoms with van der Waals surface area (Å²) in [6.45, 7) is 4.40. The minimum absolute atomic E-state index is 0.0449. The van der Waals surface area contributed by atoms with Crippen LogP contribution < -0.4 is 10.1 Å². The average Bonchev–Trinajstić information content (AvgIpc) is 2.44. The minimum Gasteiger partial charge on any atom is -0.494 e. The zero-order valence-electron chi connectivity index (χ0n) is 11.8. The highest BCUT2D eigenvalue weighted by atomic mass is 35.5. The molecule has 0 aliphatic heterocycles. The Morgan fingerprint density at radius 2 is 2.00 bits per heavy atom. The first-order chi connectivity index (χ1) is 10.0. The Bertz CT molecular complexity index is 634. The Hall–Kier alpha value is -1.45. The predicted octanol–water partition coefficient (Wildman–Crippen LogP) is 5.70. The van der Waals surface area contributed by atoms with Gasteiger partial charge >= 0.3 is 0 Å². The maximum absolute atomic E-state index is 13.6. The smallest absolute Gasteiger partial charge is 0.142 e. The van der Waals surface area contributed by atoms with Crippen molar-refractivity contribution in [2.45, 2.75) is 19.9 Å². The Kier molecular flexibility index (Phi) is 5.32. The molecule has 1 atom stereocenters. The van der Waals surface area contributed by atoms with Gasteiger partial charge in [0.1, 0.15) is 11.6 Å². The molecule has 0 bridgehead atoms. The van der Waals surface area contributed by atoms with Crippen molar-refractivity contribution >= 4 is 28.9 Å². The van der Waals surface area contributed by atoms with Crippen molar-refractivity contribution < 1.29 is 9.13 Å². The Labute approximate surface area is 133 Å². The first kappa shape index (κ1) is 15.9. The van der Waals surface area contributed by atoms with Crippen molar-refractivity contribution in [2.24, 2.45) is 0 Å². The summed E-state index contributed by atoms with van der Waals surface area (Å²) in [5.74, 6) is 0.291. The summed E-state index contributed by atoms with van der Waals surface area (Å²) in [5.41, 5.74) is 1.39. The van der Waals surface area contributed by atoms with Gasteiger partial charge in [-0.05, 0) is 38.1 Å². The molecule has 112 valence electrons. The number of benzene rings is 2. The minimum atomic E-state index is -0.479. The molecule has 0 radical (unpaired) electrons. The molecule has 0 fully saturated rings. The number of ether oxygens (including phenoxy) is 1. The van der Waals surface area contributed by atoms with Crippen LogP contribution in [-0.4, -0.2) is 6.61 Å². The van der Waals surface area contributed by atoms with Crippen LogP contribution in [0.5, 0.6) is 5.75 Å². The molecule has 0 saturated heterocycles. The molecule has 21 heavy (non-hydrogen) atoms. The van der Waals surface area contributed by atoms with E-state index in [1.165, 1.54) is 12.1 Å². The largest absolute Gasteiger partial charge is 0.494 e. The first-order valence-electron chi connectivity index (χ1n) is 6.65. The maximum Gasteiger partial charge on any atom is 0.142 e. The van der Waals surface area contributed by atoms with Crippen LogP contribution in [0.1, 0.15) is 25.5 Å². The number of nitrogens with one attached hydrogen (secondary N) is 1. The van der Waals surface area contributed by atoms with Crippen molar-refractivity contribution in [1.82, 2.24) is 0 Å². The third-order valence-electron chi connectivity index (χ3n) is 3.04. The SMILES string of the molecule is CCOc1cccc(NC(C)c2c(Cl)ccc(F)c2Cl)c1. The van der Waals surface area contributed by atoms with E-state index in [1.54, 1.807) is 0 Å². The zero-order valence-corrected chi connectivity index (χ0v) is 13.3. The number of anilines is 1. The molecule has 2 aromatic carbocycles. The summed E-state index contributed by atoms with van der Waals surface area (Å²) in [6, 6.07) is 10.1. The molecule has 0 aliphatic carbocycles. The molecule has 2 aromatic rings. The number of hydrogen-bond donors (Lipinski definition) is 1. The van der Waals surface area contributed by atoms with Crippen LogP contribution >= 0.6 is 23.2 Å². The lowest BCUT2D eigenvalue weighted by molar-refractivity contribution is 0.340. The van der Waals surface area contributed by atoms with E-state index in [0.717, 1.165) is 11.4 Å². The molecular weight excluding hydrogens is 312 g/mol. The molecule has 0 aromatic heterocycles. The fraction of sp³-hybridized carbons (Fsp3) is 0.250. The lowest BCUT2D eigenvalue weighted by Crippen LogP contribution is -2.09. The summed E-state index contributed by atoms with van der Waals surface area (Å²) in [6.07, 6.45) is 0. The third kappa shape index (κ3) is 3.80. The molecule has 0 aliphatic rings. The van der Waals surface area contributed by atoms with Gasteiger partial charge in [-0.2, -0.15) is 0 Å². The number of halogens is 3. The lowest BCUT2D eigenvalue weighted by atomic mass is 10.1. The number of hydrogen-bond acceptors (Lipinski definition) is 2. The molecule has 1 N–H and O–H groups in total. The van der Waals surface area contributed by atoms with Crippen LogP contribution in [0.15, 0.2) is 36.4 Å². The van der Waals surface area contributed by atoms with Crippen molar-refractivity contribution in [3.05, 3.63) is 57.8 Å². The van der Waals surface area contributed by atoms with E-state index >= 15 is 0 Å². The van der Waals surface area contributed by atoms with Crippen molar-refractivity contribution in [2.75, 3.05) is 11.9 Å². The van der Waals surface area contributed by atoms with E-state index in [9.17, 15) is 4.39 Å². The van der Waals surface area contributed by atoms with E-state index in [4.69, 9.17) is 27.9 Å². The Balaban J connectivity index is 2.24.